The van der Waals surface area contributed by atoms with Crippen LogP contribution in [-0.2, 0) is 15.1 Å². The van der Waals surface area contributed by atoms with Crippen molar-refractivity contribution in [3.05, 3.63) is 24.2 Å². The number of nitrogens with zero attached hydrogens (tertiary/aromatic N) is 5. The van der Waals surface area contributed by atoms with Crippen LogP contribution >= 0.6 is 0 Å². The number of aliphatic hydroxyl groups is 2. The fourth-order valence-electron chi connectivity index (χ4n) is 2.94. The number of anilines is 1. The maximum Gasteiger partial charge on any atom is 0.409 e. The lowest BCUT2D eigenvalue weighted by Crippen LogP contribution is -2.41. The highest BCUT2D eigenvalue weighted by molar-refractivity contribution is 5.67. The van der Waals surface area contributed by atoms with Crippen molar-refractivity contribution in [3.63, 3.8) is 0 Å². The van der Waals surface area contributed by atoms with E-state index < -0.39 is 30.0 Å². The number of carbonyl (C=O) groups is 1. The van der Waals surface area contributed by atoms with E-state index in [9.17, 15) is 20.3 Å². The molecule has 1 amide bonds. The maximum atomic E-state index is 11.8. The second kappa shape index (κ2) is 6.99. The van der Waals surface area contributed by atoms with Gasteiger partial charge in [-0.3, -0.25) is 0 Å². The van der Waals surface area contributed by atoms with Gasteiger partial charge in [0, 0.05) is 13.6 Å². The van der Waals surface area contributed by atoms with Gasteiger partial charge in [-0.25, -0.2) is 14.3 Å². The van der Waals surface area contributed by atoms with E-state index in [-0.39, 0.29) is 18.1 Å². The molecule has 27 heavy (non-hydrogen) atoms. The quantitative estimate of drug-likeness (QED) is 0.623. The van der Waals surface area contributed by atoms with Crippen LogP contribution in [0, 0.1) is 11.3 Å². The average molecular weight is 376 g/mol. The van der Waals surface area contributed by atoms with Crippen LogP contribution < -0.4 is 5.73 Å². The Kier molecular flexibility index (Phi) is 4.88. The summed E-state index contributed by atoms with van der Waals surface area (Å²) in [6.45, 7) is 1.89. The van der Waals surface area contributed by atoms with Gasteiger partial charge in [0.05, 0.1) is 5.69 Å². The Morgan fingerprint density at radius 1 is 1.56 bits per heavy atom. The molecule has 3 rings (SSSR count). The largest absolute Gasteiger partial charge is 0.447 e. The van der Waals surface area contributed by atoms with Gasteiger partial charge >= 0.3 is 6.09 Å². The zero-order valence-corrected chi connectivity index (χ0v) is 14.8. The van der Waals surface area contributed by atoms with Crippen LogP contribution in [-0.4, -0.2) is 74.3 Å². The minimum atomic E-state index is -1.92. The zero-order chi connectivity index (χ0) is 19.8. The van der Waals surface area contributed by atoms with Gasteiger partial charge in [0.1, 0.15) is 42.8 Å². The first kappa shape index (κ1) is 18.8. The van der Waals surface area contributed by atoms with Crippen molar-refractivity contribution in [1.82, 2.24) is 19.5 Å². The summed E-state index contributed by atoms with van der Waals surface area (Å²) in [5.74, 6) is 0.186. The molecule has 0 radical (unpaired) electrons. The van der Waals surface area contributed by atoms with Gasteiger partial charge < -0.3 is 30.3 Å². The Morgan fingerprint density at radius 3 is 2.96 bits per heavy atom. The van der Waals surface area contributed by atoms with Gasteiger partial charge in [-0.15, -0.1) is 0 Å². The van der Waals surface area contributed by atoms with Crippen LogP contribution in [0.5, 0.6) is 0 Å². The van der Waals surface area contributed by atoms with Crippen LogP contribution in [0.25, 0.3) is 5.52 Å². The lowest BCUT2D eigenvalue weighted by atomic mass is 9.92. The SMILES string of the molecule is CCN(C)C(=O)OC[C@H]1O[C@@](C#N)(c2ccc3c(N)ncnn23)[C@H](O)[C@@H]1O. The predicted octanol–water partition coefficient (Wildman–Crippen LogP) is -0.761. The van der Waals surface area contributed by atoms with E-state index in [0.717, 1.165) is 0 Å². The Balaban J connectivity index is 1.90. The number of ether oxygens (including phenoxy) is 2. The Hall–Kier alpha value is -2.94. The van der Waals surface area contributed by atoms with Gasteiger partial charge in [-0.1, -0.05) is 0 Å². The smallest absolute Gasteiger partial charge is 0.409 e. The third-order valence-corrected chi connectivity index (χ3v) is 4.64. The molecule has 0 bridgehead atoms. The molecule has 1 fully saturated rings. The molecule has 2 aromatic rings. The van der Waals surface area contributed by atoms with Crippen molar-refractivity contribution in [2.24, 2.45) is 0 Å². The van der Waals surface area contributed by atoms with Crippen molar-refractivity contribution in [3.8, 4) is 6.07 Å². The number of amides is 1. The Labute approximate surface area is 154 Å². The van der Waals surface area contributed by atoms with Crippen molar-refractivity contribution in [1.29, 1.82) is 5.26 Å². The zero-order valence-electron chi connectivity index (χ0n) is 14.8. The molecule has 11 heteroatoms. The molecule has 3 heterocycles. The molecule has 0 aliphatic carbocycles. The Bertz CT molecular complexity index is 895. The number of carbonyl (C=O) groups excluding carboxylic acids is 1. The van der Waals surface area contributed by atoms with Crippen molar-refractivity contribution >= 4 is 17.4 Å². The van der Waals surface area contributed by atoms with Crippen LogP contribution in [0.2, 0.25) is 0 Å². The van der Waals surface area contributed by atoms with Crippen LogP contribution in [0.3, 0.4) is 0 Å². The summed E-state index contributed by atoms with van der Waals surface area (Å²) in [7, 11) is 1.56. The Morgan fingerprint density at radius 2 is 2.30 bits per heavy atom. The number of aliphatic hydroxyl groups excluding tert-OH is 2. The third-order valence-electron chi connectivity index (χ3n) is 4.64. The number of aromatic nitrogens is 3. The van der Waals surface area contributed by atoms with E-state index in [1.54, 1.807) is 20.0 Å². The fourth-order valence-corrected chi connectivity index (χ4v) is 2.94. The summed E-state index contributed by atoms with van der Waals surface area (Å²) in [6, 6.07) is 5.01. The van der Waals surface area contributed by atoms with Gasteiger partial charge in [0.15, 0.2) is 5.82 Å². The number of nitrogens with two attached hydrogens (primary N) is 1. The minimum Gasteiger partial charge on any atom is -0.447 e. The van der Waals surface area contributed by atoms with Crippen LogP contribution in [0.4, 0.5) is 10.6 Å². The number of hydrogen-bond donors (Lipinski definition) is 3. The first-order valence-corrected chi connectivity index (χ1v) is 8.27. The molecule has 0 aromatic carbocycles. The molecule has 4 atom stereocenters. The first-order valence-electron chi connectivity index (χ1n) is 8.27. The van der Waals surface area contributed by atoms with E-state index in [1.165, 1.54) is 21.8 Å². The normalized spacial score (nSPS) is 27.4. The van der Waals surface area contributed by atoms with Gasteiger partial charge in [0.2, 0.25) is 5.60 Å². The minimum absolute atomic E-state index is 0.181. The highest BCUT2D eigenvalue weighted by Gasteiger charge is 2.57. The van der Waals surface area contributed by atoms with E-state index >= 15 is 0 Å². The molecular formula is C16H20N6O5. The molecule has 2 aromatic heterocycles. The van der Waals surface area contributed by atoms with Crippen molar-refractivity contribution in [2.45, 2.75) is 30.8 Å². The van der Waals surface area contributed by atoms with Gasteiger partial charge in [-0.05, 0) is 19.1 Å². The average Bonchev–Trinajstić information content (AvgIpc) is 3.21. The second-order valence-electron chi connectivity index (χ2n) is 6.19. The number of nitrogen functional groups attached to an aromatic ring is 1. The third kappa shape index (κ3) is 2.93. The fraction of sp³-hybridized carbons (Fsp3) is 0.500. The molecule has 1 aliphatic rings. The molecular weight excluding hydrogens is 356 g/mol. The maximum absolute atomic E-state index is 11.8. The van der Waals surface area contributed by atoms with E-state index in [0.29, 0.717) is 12.1 Å². The first-order chi connectivity index (χ1) is 12.9. The van der Waals surface area contributed by atoms with Crippen LogP contribution in [0.1, 0.15) is 12.6 Å². The highest BCUT2D eigenvalue weighted by atomic mass is 16.6. The summed E-state index contributed by atoms with van der Waals surface area (Å²) in [4.78, 5) is 17.0. The van der Waals surface area contributed by atoms with Crippen molar-refractivity contribution in [2.75, 3.05) is 25.9 Å². The van der Waals surface area contributed by atoms with Crippen molar-refractivity contribution < 1.29 is 24.5 Å². The van der Waals surface area contributed by atoms with Gasteiger partial charge in [-0.2, -0.15) is 10.4 Å². The number of nitriles is 1. The molecule has 0 spiro atoms. The summed E-state index contributed by atoms with van der Waals surface area (Å²) >= 11 is 0. The van der Waals surface area contributed by atoms with E-state index in [1.807, 2.05) is 6.07 Å². The number of fused-ring (bicyclic) bond motifs is 1. The standard InChI is InChI=1S/C16H20N6O5/c1-3-21(2)15(25)26-6-10-12(23)13(24)16(7-17,27-10)11-5-4-9-14(18)19-8-20-22(9)11/h4-5,8,10,12-13,23-24H,3,6H2,1-2H3,(H2,18,19,20)/t10-,12-,13-,16+/m1/s1. The predicted molar refractivity (Wildman–Crippen MR) is 91.2 cm³/mol. The topological polar surface area (TPSA) is 159 Å². The van der Waals surface area contributed by atoms with Crippen LogP contribution in [0.15, 0.2) is 18.5 Å². The summed E-state index contributed by atoms with van der Waals surface area (Å²) in [5, 5.41) is 34.7. The summed E-state index contributed by atoms with van der Waals surface area (Å²) in [5.41, 5.74) is 4.48. The number of rotatable bonds is 4. The summed E-state index contributed by atoms with van der Waals surface area (Å²) in [6.07, 6.45) is -3.54. The molecule has 4 N–H and O–H groups in total. The molecule has 0 saturated carbocycles. The lowest BCUT2D eigenvalue weighted by Gasteiger charge is -2.24. The molecule has 1 saturated heterocycles. The molecule has 0 unspecified atom stereocenters. The monoisotopic (exact) mass is 376 g/mol. The highest BCUT2D eigenvalue weighted by Crippen LogP contribution is 2.40. The number of hydrogen-bond acceptors (Lipinski definition) is 9. The molecule has 144 valence electrons. The van der Waals surface area contributed by atoms with E-state index in [4.69, 9.17) is 15.2 Å². The molecule has 1 aliphatic heterocycles. The second-order valence-corrected chi connectivity index (χ2v) is 6.19. The van der Waals surface area contributed by atoms with E-state index in [2.05, 4.69) is 10.1 Å². The van der Waals surface area contributed by atoms with Gasteiger partial charge in [0.25, 0.3) is 0 Å². The molecule has 11 nitrogen and oxygen atoms in total. The lowest BCUT2D eigenvalue weighted by molar-refractivity contribution is -0.0677. The summed E-state index contributed by atoms with van der Waals surface area (Å²) < 4.78 is 12.1.